The number of ether oxygens (including phenoxy) is 2. The second kappa shape index (κ2) is 5.69. The monoisotopic (exact) mass is 266 g/mol. The Hall–Kier alpha value is -2.11. The van der Waals surface area contributed by atoms with Crippen LogP contribution in [0.25, 0.3) is 6.08 Å². The molecule has 1 heterocycles. The molecule has 0 N–H and O–H groups in total. The van der Waals surface area contributed by atoms with Crippen molar-refractivity contribution in [3.63, 3.8) is 0 Å². The Labute approximate surface area is 112 Å². The van der Waals surface area contributed by atoms with Crippen molar-refractivity contribution in [2.24, 2.45) is 0 Å². The molecular weight excluding hydrogens is 248 g/mol. The van der Waals surface area contributed by atoms with E-state index in [0.717, 1.165) is 4.68 Å². The standard InChI is InChI=1S/C13H18N2O4/c1-9-10(6-7-11(16)18-5)8-15(14-9)12(17)19-13(2,3)4/h6-8H,1-5H3. The molecular formula is C13H18N2O4. The van der Waals surface area contributed by atoms with Gasteiger partial charge in [-0.25, -0.2) is 9.59 Å². The van der Waals surface area contributed by atoms with Gasteiger partial charge < -0.3 is 9.47 Å². The molecule has 104 valence electrons. The summed E-state index contributed by atoms with van der Waals surface area (Å²) in [6, 6.07) is 0. The highest BCUT2D eigenvalue weighted by molar-refractivity contribution is 5.87. The molecule has 1 rings (SSSR count). The number of esters is 1. The first-order valence-electron chi connectivity index (χ1n) is 5.78. The fourth-order valence-electron chi connectivity index (χ4n) is 1.27. The van der Waals surface area contributed by atoms with Gasteiger partial charge >= 0.3 is 12.1 Å². The maximum atomic E-state index is 11.8. The SMILES string of the molecule is COC(=O)C=Cc1cn(C(=O)OC(C)(C)C)nc1C. The number of hydrogen-bond acceptors (Lipinski definition) is 5. The van der Waals surface area contributed by atoms with E-state index >= 15 is 0 Å². The Balaban J connectivity index is 2.88. The first-order chi connectivity index (χ1) is 8.73. The van der Waals surface area contributed by atoms with Crippen molar-refractivity contribution in [1.29, 1.82) is 0 Å². The van der Waals surface area contributed by atoms with Crippen LogP contribution in [-0.4, -0.2) is 34.6 Å². The molecule has 0 aliphatic heterocycles. The minimum Gasteiger partial charge on any atom is -0.466 e. The fraction of sp³-hybridized carbons (Fsp3) is 0.462. The van der Waals surface area contributed by atoms with Crippen LogP contribution in [0.5, 0.6) is 0 Å². The molecule has 1 aromatic rings. The Morgan fingerprint density at radius 2 is 2.00 bits per heavy atom. The van der Waals surface area contributed by atoms with E-state index in [1.165, 1.54) is 25.5 Å². The summed E-state index contributed by atoms with van der Waals surface area (Å²) in [6.45, 7) is 7.07. The molecule has 0 saturated heterocycles. The number of carbonyl (C=O) groups is 2. The van der Waals surface area contributed by atoms with Gasteiger partial charge in [0.1, 0.15) is 5.60 Å². The summed E-state index contributed by atoms with van der Waals surface area (Å²) in [5.41, 5.74) is 0.682. The quantitative estimate of drug-likeness (QED) is 0.606. The van der Waals surface area contributed by atoms with Gasteiger partial charge in [0.2, 0.25) is 0 Å². The van der Waals surface area contributed by atoms with E-state index < -0.39 is 17.7 Å². The lowest BCUT2D eigenvalue weighted by Crippen LogP contribution is -2.27. The van der Waals surface area contributed by atoms with Gasteiger partial charge in [-0.15, -0.1) is 0 Å². The van der Waals surface area contributed by atoms with Crippen molar-refractivity contribution in [3.05, 3.63) is 23.5 Å². The van der Waals surface area contributed by atoms with Crippen LogP contribution in [0, 0.1) is 6.92 Å². The average molecular weight is 266 g/mol. The fourth-order valence-corrected chi connectivity index (χ4v) is 1.27. The van der Waals surface area contributed by atoms with Gasteiger partial charge in [-0.2, -0.15) is 9.78 Å². The summed E-state index contributed by atoms with van der Waals surface area (Å²) >= 11 is 0. The summed E-state index contributed by atoms with van der Waals surface area (Å²) in [5.74, 6) is -0.468. The van der Waals surface area contributed by atoms with Crippen molar-refractivity contribution in [2.75, 3.05) is 7.11 Å². The van der Waals surface area contributed by atoms with Crippen LogP contribution in [0.2, 0.25) is 0 Å². The van der Waals surface area contributed by atoms with Gasteiger partial charge in [0, 0.05) is 17.8 Å². The second-order valence-electron chi connectivity index (χ2n) is 4.95. The molecule has 0 aliphatic rings. The normalized spacial score (nSPS) is 11.6. The van der Waals surface area contributed by atoms with Gasteiger partial charge in [-0.05, 0) is 33.8 Å². The lowest BCUT2D eigenvalue weighted by Gasteiger charge is -2.18. The average Bonchev–Trinajstić information content (AvgIpc) is 2.65. The minimum absolute atomic E-state index is 0.468. The summed E-state index contributed by atoms with van der Waals surface area (Å²) in [5, 5.41) is 4.04. The van der Waals surface area contributed by atoms with Crippen LogP contribution >= 0.6 is 0 Å². The largest absolute Gasteiger partial charge is 0.466 e. The van der Waals surface area contributed by atoms with Crippen LogP contribution in [0.1, 0.15) is 32.0 Å². The third-order valence-corrected chi connectivity index (χ3v) is 2.12. The van der Waals surface area contributed by atoms with Crippen molar-refractivity contribution < 1.29 is 19.1 Å². The van der Waals surface area contributed by atoms with E-state index in [0.29, 0.717) is 11.3 Å². The lowest BCUT2D eigenvalue weighted by molar-refractivity contribution is -0.134. The number of rotatable bonds is 2. The van der Waals surface area contributed by atoms with Crippen LogP contribution in [0.3, 0.4) is 0 Å². The van der Waals surface area contributed by atoms with Gasteiger partial charge in [-0.1, -0.05) is 0 Å². The van der Waals surface area contributed by atoms with Crippen LogP contribution in [-0.2, 0) is 14.3 Å². The van der Waals surface area contributed by atoms with Gasteiger partial charge in [0.15, 0.2) is 0 Å². The van der Waals surface area contributed by atoms with Crippen molar-refractivity contribution in [3.8, 4) is 0 Å². The molecule has 0 radical (unpaired) electrons. The van der Waals surface area contributed by atoms with Gasteiger partial charge in [-0.3, -0.25) is 0 Å². The van der Waals surface area contributed by atoms with Crippen LogP contribution in [0.15, 0.2) is 12.3 Å². The van der Waals surface area contributed by atoms with E-state index in [1.54, 1.807) is 27.7 Å². The molecule has 1 aromatic heterocycles. The van der Waals surface area contributed by atoms with E-state index in [-0.39, 0.29) is 0 Å². The molecule has 0 aromatic carbocycles. The van der Waals surface area contributed by atoms with Crippen molar-refractivity contribution in [1.82, 2.24) is 9.78 Å². The van der Waals surface area contributed by atoms with E-state index in [1.807, 2.05) is 0 Å². The Morgan fingerprint density at radius 3 is 2.53 bits per heavy atom. The smallest absolute Gasteiger partial charge is 0.435 e. The first kappa shape index (κ1) is 14.9. The highest BCUT2D eigenvalue weighted by atomic mass is 16.6. The molecule has 0 saturated carbocycles. The summed E-state index contributed by atoms with van der Waals surface area (Å²) in [7, 11) is 1.30. The number of hydrogen-bond donors (Lipinski definition) is 0. The first-order valence-corrected chi connectivity index (χ1v) is 5.78. The predicted molar refractivity (Wildman–Crippen MR) is 69.6 cm³/mol. The zero-order valence-electron chi connectivity index (χ0n) is 11.8. The minimum atomic E-state index is -0.584. The molecule has 19 heavy (non-hydrogen) atoms. The maximum Gasteiger partial charge on any atom is 0.435 e. The second-order valence-corrected chi connectivity index (χ2v) is 4.95. The molecule has 0 unspecified atom stereocenters. The van der Waals surface area contributed by atoms with E-state index in [9.17, 15) is 9.59 Å². The number of methoxy groups -OCH3 is 1. The third kappa shape index (κ3) is 4.57. The molecule has 0 bridgehead atoms. The number of nitrogens with zero attached hydrogens (tertiary/aromatic N) is 2. The molecule has 0 spiro atoms. The Bertz CT molecular complexity index is 509. The summed E-state index contributed by atoms with van der Waals surface area (Å²) < 4.78 is 10.8. The van der Waals surface area contributed by atoms with Crippen LogP contribution in [0.4, 0.5) is 4.79 Å². The van der Waals surface area contributed by atoms with Crippen molar-refractivity contribution in [2.45, 2.75) is 33.3 Å². The summed E-state index contributed by atoms with van der Waals surface area (Å²) in [6.07, 6.45) is 3.75. The number of aromatic nitrogens is 2. The maximum absolute atomic E-state index is 11.8. The zero-order valence-corrected chi connectivity index (χ0v) is 11.8. The van der Waals surface area contributed by atoms with Gasteiger partial charge in [0.25, 0.3) is 0 Å². The third-order valence-electron chi connectivity index (χ3n) is 2.12. The molecule has 6 nitrogen and oxygen atoms in total. The highest BCUT2D eigenvalue weighted by Gasteiger charge is 2.19. The molecule has 0 aliphatic carbocycles. The topological polar surface area (TPSA) is 70.4 Å². The lowest BCUT2D eigenvalue weighted by atomic mass is 10.2. The van der Waals surface area contributed by atoms with Gasteiger partial charge in [0.05, 0.1) is 12.8 Å². The van der Waals surface area contributed by atoms with E-state index in [2.05, 4.69) is 9.84 Å². The number of carbonyl (C=O) groups excluding carboxylic acids is 2. The Morgan fingerprint density at radius 1 is 1.37 bits per heavy atom. The van der Waals surface area contributed by atoms with Crippen molar-refractivity contribution >= 4 is 18.1 Å². The van der Waals surface area contributed by atoms with E-state index in [4.69, 9.17) is 4.74 Å². The van der Waals surface area contributed by atoms with Crippen LogP contribution < -0.4 is 0 Å². The zero-order chi connectivity index (χ0) is 14.6. The number of aryl methyl sites for hydroxylation is 1. The molecule has 0 fully saturated rings. The Kier molecular flexibility index (Phi) is 4.47. The summed E-state index contributed by atoms with van der Waals surface area (Å²) in [4.78, 5) is 22.8. The predicted octanol–water partition coefficient (Wildman–Crippen LogP) is 2.16. The molecule has 6 heteroatoms. The highest BCUT2D eigenvalue weighted by Crippen LogP contribution is 2.12. The molecule has 0 atom stereocenters. The molecule has 0 amide bonds.